The molecular weight excluding hydrogens is 326 g/mol. The van der Waals surface area contributed by atoms with E-state index in [1.54, 1.807) is 7.11 Å². The van der Waals surface area contributed by atoms with Crippen LogP contribution in [-0.4, -0.2) is 57.2 Å². The molecule has 0 N–H and O–H groups in total. The SMILES string of the molecule is CCN(C(=O)CN1CCN(c2ccc(OC)cc2)CC1)c1ccccc1. The van der Waals surface area contributed by atoms with Crippen molar-refractivity contribution in [2.75, 3.05) is 56.2 Å². The number of hydrogen-bond acceptors (Lipinski definition) is 4. The zero-order valence-corrected chi connectivity index (χ0v) is 15.6. The van der Waals surface area contributed by atoms with Crippen LogP contribution in [0.4, 0.5) is 11.4 Å². The monoisotopic (exact) mass is 353 g/mol. The highest BCUT2D eigenvalue weighted by atomic mass is 16.5. The van der Waals surface area contributed by atoms with Crippen LogP contribution in [0, 0.1) is 0 Å². The van der Waals surface area contributed by atoms with E-state index in [-0.39, 0.29) is 5.91 Å². The van der Waals surface area contributed by atoms with Crippen molar-refractivity contribution in [3.05, 3.63) is 54.6 Å². The number of para-hydroxylation sites is 1. The van der Waals surface area contributed by atoms with Gasteiger partial charge in [0.2, 0.25) is 5.91 Å². The maximum atomic E-state index is 12.7. The molecule has 138 valence electrons. The molecule has 1 fully saturated rings. The summed E-state index contributed by atoms with van der Waals surface area (Å²) < 4.78 is 5.22. The minimum absolute atomic E-state index is 0.164. The van der Waals surface area contributed by atoms with Crippen molar-refractivity contribution in [3.63, 3.8) is 0 Å². The quantitative estimate of drug-likeness (QED) is 0.800. The van der Waals surface area contributed by atoms with Crippen LogP contribution < -0.4 is 14.5 Å². The molecule has 3 rings (SSSR count). The van der Waals surface area contributed by atoms with E-state index in [0.717, 1.165) is 37.6 Å². The summed E-state index contributed by atoms with van der Waals surface area (Å²) in [4.78, 5) is 19.2. The van der Waals surface area contributed by atoms with Crippen molar-refractivity contribution < 1.29 is 9.53 Å². The van der Waals surface area contributed by atoms with Gasteiger partial charge in [0, 0.05) is 44.1 Å². The maximum absolute atomic E-state index is 12.7. The fourth-order valence-electron chi connectivity index (χ4n) is 3.34. The predicted octanol–water partition coefficient (Wildman–Crippen LogP) is 2.87. The second kappa shape index (κ2) is 8.72. The molecule has 0 bridgehead atoms. The minimum Gasteiger partial charge on any atom is -0.497 e. The molecule has 0 radical (unpaired) electrons. The van der Waals surface area contributed by atoms with Gasteiger partial charge in [-0.05, 0) is 43.3 Å². The summed E-state index contributed by atoms with van der Waals surface area (Å²) in [6.07, 6.45) is 0. The Morgan fingerprint density at radius 2 is 1.65 bits per heavy atom. The van der Waals surface area contributed by atoms with Gasteiger partial charge in [-0.1, -0.05) is 18.2 Å². The van der Waals surface area contributed by atoms with Crippen LogP contribution >= 0.6 is 0 Å². The third kappa shape index (κ3) is 4.35. The molecule has 1 aliphatic heterocycles. The number of methoxy groups -OCH3 is 1. The minimum atomic E-state index is 0.164. The highest BCUT2D eigenvalue weighted by Gasteiger charge is 2.22. The Balaban J connectivity index is 1.53. The van der Waals surface area contributed by atoms with Crippen LogP contribution in [0.25, 0.3) is 0 Å². The van der Waals surface area contributed by atoms with Crippen molar-refractivity contribution in [3.8, 4) is 5.75 Å². The first kappa shape index (κ1) is 18.3. The number of amides is 1. The fraction of sp³-hybridized carbons (Fsp3) is 0.381. The van der Waals surface area contributed by atoms with E-state index in [4.69, 9.17) is 4.74 Å². The molecule has 1 amide bonds. The smallest absolute Gasteiger partial charge is 0.241 e. The van der Waals surface area contributed by atoms with Crippen LogP contribution in [0.3, 0.4) is 0 Å². The van der Waals surface area contributed by atoms with Gasteiger partial charge >= 0.3 is 0 Å². The summed E-state index contributed by atoms with van der Waals surface area (Å²) in [5, 5.41) is 0. The van der Waals surface area contributed by atoms with E-state index in [0.29, 0.717) is 13.1 Å². The molecule has 0 aliphatic carbocycles. The Morgan fingerprint density at radius 3 is 2.23 bits per heavy atom. The number of nitrogens with zero attached hydrogens (tertiary/aromatic N) is 3. The lowest BCUT2D eigenvalue weighted by Gasteiger charge is -2.36. The molecule has 0 saturated carbocycles. The molecule has 0 unspecified atom stereocenters. The highest BCUT2D eigenvalue weighted by Crippen LogP contribution is 2.21. The van der Waals surface area contributed by atoms with Gasteiger partial charge in [0.1, 0.15) is 5.75 Å². The lowest BCUT2D eigenvalue weighted by atomic mass is 10.2. The van der Waals surface area contributed by atoms with Gasteiger partial charge in [0.05, 0.1) is 13.7 Å². The van der Waals surface area contributed by atoms with Crippen molar-refractivity contribution in [2.24, 2.45) is 0 Å². The third-order valence-corrected chi connectivity index (χ3v) is 4.85. The van der Waals surface area contributed by atoms with Crippen LogP contribution in [0.15, 0.2) is 54.6 Å². The Morgan fingerprint density at radius 1 is 1.00 bits per heavy atom. The molecule has 1 saturated heterocycles. The number of likely N-dealkylation sites (N-methyl/N-ethyl adjacent to an activating group) is 1. The lowest BCUT2D eigenvalue weighted by molar-refractivity contribution is -0.119. The standard InChI is InChI=1S/C21H27N3O2/c1-3-24(19-7-5-4-6-8-19)21(25)17-22-13-15-23(16-14-22)18-9-11-20(26-2)12-10-18/h4-12H,3,13-17H2,1-2H3. The number of piperazine rings is 1. The largest absolute Gasteiger partial charge is 0.497 e. The molecule has 1 heterocycles. The van der Waals surface area contributed by atoms with Crippen LogP contribution in [0.1, 0.15) is 6.92 Å². The number of ether oxygens (including phenoxy) is 1. The summed E-state index contributed by atoms with van der Waals surface area (Å²) in [6, 6.07) is 18.1. The first-order valence-electron chi connectivity index (χ1n) is 9.18. The van der Waals surface area contributed by atoms with E-state index in [2.05, 4.69) is 21.9 Å². The Hall–Kier alpha value is -2.53. The summed E-state index contributed by atoms with van der Waals surface area (Å²) in [6.45, 7) is 6.82. The van der Waals surface area contributed by atoms with Gasteiger partial charge in [-0.15, -0.1) is 0 Å². The summed E-state index contributed by atoms with van der Waals surface area (Å²) >= 11 is 0. The van der Waals surface area contributed by atoms with Gasteiger partial charge in [-0.25, -0.2) is 0 Å². The average Bonchev–Trinajstić information content (AvgIpc) is 2.70. The molecule has 2 aromatic carbocycles. The Kier molecular flexibility index (Phi) is 6.12. The van der Waals surface area contributed by atoms with Gasteiger partial charge in [-0.3, -0.25) is 9.69 Å². The van der Waals surface area contributed by atoms with Gasteiger partial charge < -0.3 is 14.5 Å². The molecule has 1 aliphatic rings. The van der Waals surface area contributed by atoms with Crippen LogP contribution in [0.2, 0.25) is 0 Å². The average molecular weight is 353 g/mol. The zero-order valence-electron chi connectivity index (χ0n) is 15.6. The highest BCUT2D eigenvalue weighted by molar-refractivity contribution is 5.94. The first-order valence-corrected chi connectivity index (χ1v) is 9.18. The van der Waals surface area contributed by atoms with Gasteiger partial charge in [0.15, 0.2) is 0 Å². The molecule has 26 heavy (non-hydrogen) atoms. The maximum Gasteiger partial charge on any atom is 0.241 e. The molecule has 0 spiro atoms. The topological polar surface area (TPSA) is 36.0 Å². The molecule has 5 heteroatoms. The number of benzene rings is 2. The number of anilines is 2. The number of rotatable bonds is 6. The van der Waals surface area contributed by atoms with E-state index in [1.807, 2.05) is 54.3 Å². The molecule has 0 atom stereocenters. The van der Waals surface area contributed by atoms with Gasteiger partial charge in [0.25, 0.3) is 0 Å². The summed E-state index contributed by atoms with van der Waals surface area (Å²) in [7, 11) is 1.68. The molecular formula is C21H27N3O2. The Bertz CT molecular complexity index is 695. The van der Waals surface area contributed by atoms with E-state index >= 15 is 0 Å². The van der Waals surface area contributed by atoms with Crippen molar-refractivity contribution >= 4 is 17.3 Å². The second-order valence-electron chi connectivity index (χ2n) is 6.43. The first-order chi connectivity index (χ1) is 12.7. The van der Waals surface area contributed by atoms with E-state index < -0.39 is 0 Å². The lowest BCUT2D eigenvalue weighted by Crippen LogP contribution is -2.50. The number of carbonyl (C=O) groups excluding carboxylic acids is 1. The zero-order chi connectivity index (χ0) is 18.4. The molecule has 0 aromatic heterocycles. The normalized spacial score (nSPS) is 14.9. The number of hydrogen-bond donors (Lipinski definition) is 0. The van der Waals surface area contributed by atoms with Crippen LogP contribution in [0.5, 0.6) is 5.75 Å². The Labute approximate surface area is 155 Å². The van der Waals surface area contributed by atoms with Gasteiger partial charge in [-0.2, -0.15) is 0 Å². The number of carbonyl (C=O) groups is 1. The van der Waals surface area contributed by atoms with Crippen molar-refractivity contribution in [1.29, 1.82) is 0 Å². The van der Waals surface area contributed by atoms with Crippen molar-refractivity contribution in [2.45, 2.75) is 6.92 Å². The van der Waals surface area contributed by atoms with Crippen molar-refractivity contribution in [1.82, 2.24) is 4.90 Å². The summed E-state index contributed by atoms with van der Waals surface area (Å²) in [5.41, 5.74) is 2.17. The third-order valence-electron chi connectivity index (χ3n) is 4.85. The molecule has 5 nitrogen and oxygen atoms in total. The van der Waals surface area contributed by atoms with Crippen LogP contribution in [-0.2, 0) is 4.79 Å². The summed E-state index contributed by atoms with van der Waals surface area (Å²) in [5.74, 6) is 1.04. The fourth-order valence-corrected chi connectivity index (χ4v) is 3.34. The van der Waals surface area contributed by atoms with E-state index in [1.165, 1.54) is 5.69 Å². The van der Waals surface area contributed by atoms with E-state index in [9.17, 15) is 4.79 Å². The predicted molar refractivity (Wildman–Crippen MR) is 106 cm³/mol. The molecule has 2 aromatic rings. The second-order valence-corrected chi connectivity index (χ2v) is 6.43.